The molecule has 170 valence electrons. The molecule has 0 bridgehead atoms. The predicted molar refractivity (Wildman–Crippen MR) is 133 cm³/mol. The molecule has 0 saturated heterocycles. The third-order valence-corrected chi connectivity index (χ3v) is 5.56. The van der Waals surface area contributed by atoms with Gasteiger partial charge in [0.1, 0.15) is 5.75 Å². The number of nitrogens with zero attached hydrogens (tertiary/aromatic N) is 1. The zero-order chi connectivity index (χ0) is 24.1. The number of benzene rings is 4. The maximum Gasteiger partial charge on any atom is 0.345 e. The Hall–Kier alpha value is -3.71. The number of carbonyl (C=O) groups is 2. The minimum Gasteiger partial charge on any atom is -0.422 e. The van der Waals surface area contributed by atoms with Gasteiger partial charge >= 0.3 is 5.97 Å². The van der Waals surface area contributed by atoms with Gasteiger partial charge in [-0.2, -0.15) is 5.10 Å². The van der Waals surface area contributed by atoms with Crippen LogP contribution >= 0.6 is 23.2 Å². The van der Waals surface area contributed by atoms with Gasteiger partial charge in [-0.3, -0.25) is 4.79 Å². The van der Waals surface area contributed by atoms with Crippen molar-refractivity contribution in [3.05, 3.63) is 112 Å². The van der Waals surface area contributed by atoms with Crippen LogP contribution in [0, 0.1) is 0 Å². The lowest BCUT2D eigenvalue weighted by molar-refractivity contribution is -0.129. The molecule has 1 atom stereocenters. The Kier molecular flexibility index (Phi) is 7.23. The van der Waals surface area contributed by atoms with E-state index in [9.17, 15) is 14.7 Å². The zero-order valence-electron chi connectivity index (χ0n) is 17.6. The van der Waals surface area contributed by atoms with Crippen LogP contribution in [0.15, 0.2) is 90.0 Å². The Morgan fingerprint density at radius 2 is 1.68 bits per heavy atom. The Morgan fingerprint density at radius 1 is 0.941 bits per heavy atom. The summed E-state index contributed by atoms with van der Waals surface area (Å²) in [6, 6.07) is 23.8. The lowest BCUT2D eigenvalue weighted by Gasteiger charge is -2.12. The standard InChI is InChI=1S/C26H18Cl2N2O4/c27-18-11-12-20(22(28)14-18)26(33)34-23-13-10-16-6-4-5-9-19(16)21(23)15-29-30-25(32)24(31)17-7-2-1-3-8-17/h1-15,24,31H,(H,30,32)/b29-15-/t24-/m1/s1. The molecule has 0 radical (unpaired) electrons. The van der Waals surface area contributed by atoms with E-state index in [0.717, 1.165) is 10.8 Å². The monoisotopic (exact) mass is 492 g/mol. The Morgan fingerprint density at radius 3 is 2.44 bits per heavy atom. The van der Waals surface area contributed by atoms with E-state index in [1.54, 1.807) is 48.5 Å². The highest BCUT2D eigenvalue weighted by Crippen LogP contribution is 2.29. The van der Waals surface area contributed by atoms with Gasteiger partial charge in [-0.15, -0.1) is 0 Å². The maximum atomic E-state index is 12.8. The first kappa shape index (κ1) is 23.4. The number of hydrogen-bond donors (Lipinski definition) is 2. The van der Waals surface area contributed by atoms with Crippen molar-refractivity contribution >= 4 is 52.1 Å². The van der Waals surface area contributed by atoms with Crippen LogP contribution in [0.4, 0.5) is 0 Å². The van der Waals surface area contributed by atoms with Crippen LogP contribution in [0.5, 0.6) is 5.75 Å². The summed E-state index contributed by atoms with van der Waals surface area (Å²) in [6.07, 6.45) is -0.0143. The number of nitrogens with one attached hydrogen (secondary N) is 1. The third-order valence-electron chi connectivity index (χ3n) is 5.02. The van der Waals surface area contributed by atoms with Gasteiger partial charge in [0, 0.05) is 10.6 Å². The molecule has 0 fully saturated rings. The van der Waals surface area contributed by atoms with Crippen molar-refractivity contribution in [1.82, 2.24) is 5.43 Å². The van der Waals surface area contributed by atoms with E-state index in [-0.39, 0.29) is 16.3 Å². The van der Waals surface area contributed by atoms with Crippen molar-refractivity contribution in [2.75, 3.05) is 0 Å². The summed E-state index contributed by atoms with van der Waals surface area (Å²) in [5.74, 6) is -1.15. The second-order valence-corrected chi connectivity index (χ2v) is 8.10. The lowest BCUT2D eigenvalue weighted by atomic mass is 10.0. The first-order valence-corrected chi connectivity index (χ1v) is 10.9. The maximum absolute atomic E-state index is 12.8. The molecule has 0 aromatic heterocycles. The number of carbonyl (C=O) groups excluding carboxylic acids is 2. The summed E-state index contributed by atoms with van der Waals surface area (Å²) in [5, 5.41) is 16.4. The molecule has 8 heteroatoms. The molecule has 4 aromatic rings. The van der Waals surface area contributed by atoms with E-state index in [4.69, 9.17) is 27.9 Å². The fourth-order valence-electron chi connectivity index (χ4n) is 3.32. The second kappa shape index (κ2) is 10.5. The number of rotatable bonds is 6. The summed E-state index contributed by atoms with van der Waals surface area (Å²) in [7, 11) is 0. The Bertz CT molecular complexity index is 1390. The van der Waals surface area contributed by atoms with Crippen molar-refractivity contribution in [3.8, 4) is 5.75 Å². The number of hydrazone groups is 1. The lowest BCUT2D eigenvalue weighted by Crippen LogP contribution is -2.25. The van der Waals surface area contributed by atoms with Crippen LogP contribution in [-0.4, -0.2) is 23.2 Å². The van der Waals surface area contributed by atoms with Crippen LogP contribution < -0.4 is 10.2 Å². The molecule has 2 N–H and O–H groups in total. The molecule has 0 spiro atoms. The van der Waals surface area contributed by atoms with E-state index < -0.39 is 18.0 Å². The Balaban J connectivity index is 1.61. The summed E-state index contributed by atoms with van der Waals surface area (Å²) in [6.45, 7) is 0. The number of aliphatic hydroxyl groups is 1. The van der Waals surface area contributed by atoms with Crippen LogP contribution in [0.2, 0.25) is 10.0 Å². The van der Waals surface area contributed by atoms with E-state index >= 15 is 0 Å². The summed E-state index contributed by atoms with van der Waals surface area (Å²) >= 11 is 12.1. The largest absolute Gasteiger partial charge is 0.422 e. The molecular weight excluding hydrogens is 475 g/mol. The zero-order valence-corrected chi connectivity index (χ0v) is 19.1. The van der Waals surface area contributed by atoms with Crippen molar-refractivity contribution in [2.24, 2.45) is 5.10 Å². The number of halogens is 2. The number of fused-ring (bicyclic) bond motifs is 1. The highest BCUT2D eigenvalue weighted by atomic mass is 35.5. The van der Waals surface area contributed by atoms with Gasteiger partial charge in [0.05, 0.1) is 16.8 Å². The number of esters is 1. The van der Waals surface area contributed by atoms with Gasteiger partial charge in [-0.05, 0) is 40.6 Å². The minimum atomic E-state index is -1.38. The molecule has 0 unspecified atom stereocenters. The molecule has 0 saturated carbocycles. The Labute approximate surface area is 205 Å². The smallest absolute Gasteiger partial charge is 0.345 e. The van der Waals surface area contributed by atoms with Crippen molar-refractivity contribution in [3.63, 3.8) is 0 Å². The fourth-order valence-corrected chi connectivity index (χ4v) is 3.80. The number of amides is 1. The van der Waals surface area contributed by atoms with Gasteiger partial charge in [-0.25, -0.2) is 10.2 Å². The molecule has 0 heterocycles. The van der Waals surface area contributed by atoms with Crippen LogP contribution in [-0.2, 0) is 4.79 Å². The van der Waals surface area contributed by atoms with Crippen molar-refractivity contribution in [2.45, 2.75) is 6.10 Å². The molecule has 0 aliphatic rings. The summed E-state index contributed by atoms with van der Waals surface area (Å²) in [4.78, 5) is 25.1. The number of ether oxygens (including phenoxy) is 1. The van der Waals surface area contributed by atoms with Gasteiger partial charge in [0.25, 0.3) is 5.91 Å². The van der Waals surface area contributed by atoms with Gasteiger partial charge in [0.2, 0.25) is 0 Å². The van der Waals surface area contributed by atoms with Gasteiger partial charge in [0.15, 0.2) is 6.10 Å². The fraction of sp³-hybridized carbons (Fsp3) is 0.0385. The quantitative estimate of drug-likeness (QED) is 0.160. The first-order valence-electron chi connectivity index (χ1n) is 10.2. The van der Waals surface area contributed by atoms with E-state index in [1.807, 2.05) is 24.3 Å². The van der Waals surface area contributed by atoms with E-state index in [2.05, 4.69) is 10.5 Å². The molecule has 6 nitrogen and oxygen atoms in total. The molecule has 1 amide bonds. The number of hydrogen-bond acceptors (Lipinski definition) is 5. The van der Waals surface area contributed by atoms with Crippen molar-refractivity contribution in [1.29, 1.82) is 0 Å². The predicted octanol–water partition coefficient (Wildman–Crippen LogP) is 5.55. The molecule has 4 rings (SSSR count). The van der Waals surface area contributed by atoms with Gasteiger partial charge in [-0.1, -0.05) is 83.9 Å². The molecule has 0 aliphatic carbocycles. The summed E-state index contributed by atoms with van der Waals surface area (Å²) < 4.78 is 5.61. The summed E-state index contributed by atoms with van der Waals surface area (Å²) in [5.41, 5.74) is 3.38. The van der Waals surface area contributed by atoms with E-state index in [0.29, 0.717) is 16.1 Å². The van der Waals surface area contributed by atoms with Crippen LogP contribution in [0.1, 0.15) is 27.6 Å². The molecule has 34 heavy (non-hydrogen) atoms. The normalized spacial score (nSPS) is 12.0. The molecular formula is C26H18Cl2N2O4. The first-order chi connectivity index (χ1) is 16.4. The highest BCUT2D eigenvalue weighted by molar-refractivity contribution is 6.36. The van der Waals surface area contributed by atoms with E-state index in [1.165, 1.54) is 18.3 Å². The minimum absolute atomic E-state index is 0.154. The third kappa shape index (κ3) is 5.26. The van der Waals surface area contributed by atoms with Crippen molar-refractivity contribution < 1.29 is 19.4 Å². The average molecular weight is 493 g/mol. The second-order valence-electron chi connectivity index (χ2n) is 7.26. The highest BCUT2D eigenvalue weighted by Gasteiger charge is 2.18. The SMILES string of the molecule is O=C(Oc1ccc2ccccc2c1/C=N\NC(=O)[C@H](O)c1ccccc1)c1ccc(Cl)cc1Cl. The number of aliphatic hydroxyl groups excluding tert-OH is 1. The molecule has 0 aliphatic heterocycles. The van der Waals surface area contributed by atoms with Crippen LogP contribution in [0.3, 0.4) is 0 Å². The van der Waals surface area contributed by atoms with Gasteiger partial charge < -0.3 is 9.84 Å². The average Bonchev–Trinajstić information content (AvgIpc) is 2.85. The topological polar surface area (TPSA) is 88.0 Å². The van der Waals surface area contributed by atoms with Crippen LogP contribution in [0.25, 0.3) is 10.8 Å². The molecule has 4 aromatic carbocycles.